The summed E-state index contributed by atoms with van der Waals surface area (Å²) in [6, 6.07) is 30.4. The van der Waals surface area contributed by atoms with Gasteiger partial charge in [-0.25, -0.2) is 8.51 Å². The highest BCUT2D eigenvalue weighted by molar-refractivity contribution is 7.84. The Morgan fingerprint density at radius 3 is 1.59 bits per heavy atom. The van der Waals surface area contributed by atoms with E-state index in [-0.39, 0.29) is 16.2 Å². The van der Waals surface area contributed by atoms with Gasteiger partial charge in [0.25, 0.3) is 0 Å². The lowest BCUT2D eigenvalue weighted by Crippen LogP contribution is -2.43. The van der Waals surface area contributed by atoms with Crippen molar-refractivity contribution >= 4 is 34.8 Å². The highest BCUT2D eigenvalue weighted by Crippen LogP contribution is 2.43. The van der Waals surface area contributed by atoms with Gasteiger partial charge in [0.15, 0.2) is 0 Å². The molecule has 0 saturated heterocycles. The lowest BCUT2D eigenvalue weighted by Gasteiger charge is -2.41. The quantitative estimate of drug-likeness (QED) is 0.414. The van der Waals surface area contributed by atoms with Gasteiger partial charge in [0.2, 0.25) is 0 Å². The van der Waals surface area contributed by atoms with Crippen molar-refractivity contribution < 1.29 is 4.21 Å². The monoisotopic (exact) mass is 465 g/mol. The molecule has 0 fully saturated rings. The predicted molar refractivity (Wildman–Crippen MR) is 143 cm³/mol. The molecule has 0 bridgehead atoms. The van der Waals surface area contributed by atoms with E-state index in [1.807, 2.05) is 27.8 Å². The Bertz CT molecular complexity index is 999. The smallest absolute Gasteiger partial charge is 0.100 e. The van der Waals surface area contributed by atoms with Crippen LogP contribution in [0.5, 0.6) is 0 Å². The number of rotatable bonds is 6. The molecular weight excluding hydrogens is 429 g/mol. The fraction of sp³-hybridized carbons (Fsp3) is 0.357. The minimum absolute atomic E-state index is 0.0104. The Morgan fingerprint density at radius 2 is 1.16 bits per heavy atom. The maximum atomic E-state index is 13.5. The largest absolute Gasteiger partial charge is 0.242 e. The summed E-state index contributed by atoms with van der Waals surface area (Å²) >= 11 is 0. The molecule has 4 heteroatoms. The maximum absolute atomic E-state index is 13.5. The van der Waals surface area contributed by atoms with Crippen molar-refractivity contribution in [1.82, 2.24) is 4.31 Å². The van der Waals surface area contributed by atoms with Crippen LogP contribution < -0.4 is 15.9 Å². The minimum atomic E-state index is -1.13. The van der Waals surface area contributed by atoms with Gasteiger partial charge in [-0.3, -0.25) is 0 Å². The molecule has 32 heavy (non-hydrogen) atoms. The van der Waals surface area contributed by atoms with Crippen LogP contribution in [0.25, 0.3) is 0 Å². The van der Waals surface area contributed by atoms with E-state index in [1.165, 1.54) is 21.5 Å². The third-order valence-corrected chi connectivity index (χ3v) is 9.77. The van der Waals surface area contributed by atoms with Crippen LogP contribution in [-0.2, 0) is 11.0 Å². The first-order valence-electron chi connectivity index (χ1n) is 11.2. The van der Waals surface area contributed by atoms with Crippen molar-refractivity contribution in [3.8, 4) is 0 Å². The zero-order chi connectivity index (χ0) is 23.5. The van der Waals surface area contributed by atoms with E-state index in [2.05, 4.69) is 110 Å². The summed E-state index contributed by atoms with van der Waals surface area (Å²) in [5.41, 5.74) is 1.17. The third kappa shape index (κ3) is 5.57. The van der Waals surface area contributed by atoms with Crippen molar-refractivity contribution in [2.24, 2.45) is 5.41 Å². The highest BCUT2D eigenvalue weighted by Gasteiger charge is 2.38. The van der Waals surface area contributed by atoms with Crippen LogP contribution in [0.3, 0.4) is 0 Å². The van der Waals surface area contributed by atoms with Crippen molar-refractivity contribution in [2.45, 2.75) is 52.3 Å². The molecule has 3 aromatic rings. The molecule has 0 aliphatic carbocycles. The number of hydrogen-bond donors (Lipinski definition) is 0. The fourth-order valence-electron chi connectivity index (χ4n) is 4.24. The van der Waals surface area contributed by atoms with Gasteiger partial charge in [0.05, 0.1) is 10.8 Å². The third-order valence-electron chi connectivity index (χ3n) is 5.47. The Balaban J connectivity index is 2.23. The average molecular weight is 466 g/mol. The van der Waals surface area contributed by atoms with E-state index in [0.717, 1.165) is 0 Å². The second kappa shape index (κ2) is 10.00. The van der Waals surface area contributed by atoms with Gasteiger partial charge in [-0.1, -0.05) is 106 Å². The Kier molecular flexibility index (Phi) is 7.76. The van der Waals surface area contributed by atoms with Gasteiger partial charge >= 0.3 is 0 Å². The van der Waals surface area contributed by atoms with E-state index in [0.29, 0.717) is 0 Å². The first-order valence-corrected chi connectivity index (χ1v) is 13.6. The Hall–Kier alpha value is -1.80. The molecule has 0 saturated carbocycles. The second-order valence-corrected chi connectivity index (χ2v) is 14.7. The SMILES string of the molecule is CN([C@H](c1ccccc1P(c1ccccc1)c1ccccc1)C(C)(C)C)S(=O)C(C)(C)C. The van der Waals surface area contributed by atoms with Crippen LogP contribution in [0.4, 0.5) is 0 Å². The molecule has 0 aliphatic rings. The summed E-state index contributed by atoms with van der Waals surface area (Å²) in [5.74, 6) is 0. The first kappa shape index (κ1) is 24.8. The van der Waals surface area contributed by atoms with Gasteiger partial charge in [0, 0.05) is 7.05 Å². The maximum Gasteiger partial charge on any atom is 0.100 e. The molecular formula is C28H36NOPS. The topological polar surface area (TPSA) is 20.3 Å². The molecule has 0 amide bonds. The summed E-state index contributed by atoms with van der Waals surface area (Å²) in [7, 11) is 0.142. The molecule has 3 aromatic carbocycles. The van der Waals surface area contributed by atoms with Crippen molar-refractivity contribution in [2.75, 3.05) is 7.05 Å². The average Bonchev–Trinajstić information content (AvgIpc) is 2.74. The van der Waals surface area contributed by atoms with Crippen LogP contribution in [0.2, 0.25) is 0 Å². The molecule has 0 spiro atoms. The lowest BCUT2D eigenvalue weighted by atomic mass is 9.82. The standard InChI is InChI=1S/C28H36NOPS/c1-27(2,3)26(29(7)32(30)28(4,5)6)24-20-14-15-21-25(24)31(22-16-10-8-11-17-22)23-18-12-9-13-19-23/h8-21,26H,1-7H3/t26-,32?/m1/s1. The summed E-state index contributed by atoms with van der Waals surface area (Å²) in [6.45, 7) is 12.9. The predicted octanol–water partition coefficient (Wildman–Crippen LogP) is 5.93. The Labute approximate surface area is 198 Å². The fourth-order valence-corrected chi connectivity index (χ4v) is 8.21. The molecule has 0 radical (unpaired) electrons. The van der Waals surface area contributed by atoms with Crippen LogP contribution in [0.15, 0.2) is 84.9 Å². The van der Waals surface area contributed by atoms with Crippen LogP contribution in [0.1, 0.15) is 53.1 Å². The van der Waals surface area contributed by atoms with Crippen molar-refractivity contribution in [3.05, 3.63) is 90.5 Å². The molecule has 170 valence electrons. The Morgan fingerprint density at radius 1 is 0.719 bits per heavy atom. The van der Waals surface area contributed by atoms with Gasteiger partial charge in [-0.2, -0.15) is 0 Å². The van der Waals surface area contributed by atoms with Gasteiger partial charge in [0.1, 0.15) is 11.0 Å². The molecule has 0 aliphatic heterocycles. The molecule has 2 nitrogen and oxygen atoms in total. The van der Waals surface area contributed by atoms with E-state index in [1.54, 1.807) is 0 Å². The molecule has 3 rings (SSSR count). The molecule has 2 atom stereocenters. The van der Waals surface area contributed by atoms with Crippen molar-refractivity contribution in [3.63, 3.8) is 0 Å². The lowest BCUT2D eigenvalue weighted by molar-refractivity contribution is 0.207. The summed E-state index contributed by atoms with van der Waals surface area (Å²) < 4.78 is 15.3. The van der Waals surface area contributed by atoms with E-state index in [9.17, 15) is 4.21 Å². The molecule has 0 heterocycles. The zero-order valence-electron chi connectivity index (χ0n) is 20.4. The first-order chi connectivity index (χ1) is 15.0. The van der Waals surface area contributed by atoms with Crippen LogP contribution in [-0.4, -0.2) is 20.3 Å². The molecule has 1 unspecified atom stereocenters. The normalized spacial score (nSPS) is 14.5. The van der Waals surface area contributed by atoms with Gasteiger partial charge in [-0.15, -0.1) is 0 Å². The van der Waals surface area contributed by atoms with E-state index < -0.39 is 18.9 Å². The summed E-state index contributed by atoms with van der Waals surface area (Å²) in [6.07, 6.45) is 0. The highest BCUT2D eigenvalue weighted by atomic mass is 32.2. The minimum Gasteiger partial charge on any atom is -0.242 e. The summed E-state index contributed by atoms with van der Waals surface area (Å²) in [4.78, 5) is 0. The van der Waals surface area contributed by atoms with Crippen LogP contribution >= 0.6 is 7.92 Å². The van der Waals surface area contributed by atoms with E-state index >= 15 is 0 Å². The number of nitrogens with zero attached hydrogens (tertiary/aromatic N) is 1. The zero-order valence-corrected chi connectivity index (χ0v) is 22.1. The number of benzene rings is 3. The summed E-state index contributed by atoms with van der Waals surface area (Å²) in [5, 5.41) is 3.99. The van der Waals surface area contributed by atoms with Crippen LogP contribution in [0, 0.1) is 5.41 Å². The van der Waals surface area contributed by atoms with Gasteiger partial charge in [-0.05, 0) is 55.6 Å². The second-order valence-electron chi connectivity index (χ2n) is 10.2. The van der Waals surface area contributed by atoms with E-state index in [4.69, 9.17) is 0 Å². The molecule has 0 N–H and O–H groups in total. The van der Waals surface area contributed by atoms with Gasteiger partial charge < -0.3 is 0 Å². The molecule has 0 aromatic heterocycles. The number of hydrogen-bond acceptors (Lipinski definition) is 1. The van der Waals surface area contributed by atoms with Crippen molar-refractivity contribution in [1.29, 1.82) is 0 Å².